The van der Waals surface area contributed by atoms with E-state index in [1.165, 1.54) is 47.2 Å². The third-order valence-electron chi connectivity index (χ3n) is 4.51. The molecule has 1 unspecified atom stereocenters. The van der Waals surface area contributed by atoms with Gasteiger partial charge in [0.25, 0.3) is 0 Å². The summed E-state index contributed by atoms with van der Waals surface area (Å²) in [6.45, 7) is 2.14. The lowest BCUT2D eigenvalue weighted by molar-refractivity contribution is 0.616. The first-order valence-electron chi connectivity index (χ1n) is 7.44. The number of benzene rings is 2. The number of aryl methyl sites for hydroxylation is 1. The summed E-state index contributed by atoms with van der Waals surface area (Å²) in [5.41, 5.74) is 8.07. The molecule has 1 heterocycles. The van der Waals surface area contributed by atoms with E-state index in [9.17, 15) is 0 Å². The lowest BCUT2D eigenvalue weighted by Gasteiger charge is -2.24. The van der Waals surface area contributed by atoms with Crippen molar-refractivity contribution in [2.75, 3.05) is 0 Å². The van der Waals surface area contributed by atoms with Crippen molar-refractivity contribution in [3.05, 3.63) is 70.9 Å². The molecule has 1 heteroatoms. The number of nitrogens with zero attached hydrogens (tertiary/aromatic N) is 1. The molecule has 4 rings (SSSR count). The van der Waals surface area contributed by atoms with Gasteiger partial charge in [-0.3, -0.25) is 5.32 Å². The van der Waals surface area contributed by atoms with E-state index in [1.807, 2.05) is 0 Å². The smallest absolute Gasteiger partial charge is 0.0709 e. The Hall–Kier alpha value is -2.02. The van der Waals surface area contributed by atoms with Crippen molar-refractivity contribution in [3.8, 4) is 0 Å². The first-order chi connectivity index (χ1) is 9.83. The molecule has 0 spiro atoms. The Balaban J connectivity index is 1.77. The van der Waals surface area contributed by atoms with Gasteiger partial charge in [0.05, 0.1) is 11.4 Å². The van der Waals surface area contributed by atoms with Gasteiger partial charge in [0.2, 0.25) is 0 Å². The molecule has 2 aliphatic rings. The molecule has 99 valence electrons. The first-order valence-corrected chi connectivity index (χ1v) is 7.44. The van der Waals surface area contributed by atoms with Crippen LogP contribution in [0.1, 0.15) is 41.9 Å². The van der Waals surface area contributed by atoms with Gasteiger partial charge in [0, 0.05) is 11.5 Å². The molecule has 2 aromatic rings. The van der Waals surface area contributed by atoms with Gasteiger partial charge in [0.15, 0.2) is 0 Å². The summed E-state index contributed by atoms with van der Waals surface area (Å²) in [6.07, 6.45) is 3.67. The maximum Gasteiger partial charge on any atom is 0.0709 e. The first kappa shape index (κ1) is 11.8. The highest BCUT2D eigenvalue weighted by Crippen LogP contribution is 2.47. The summed E-state index contributed by atoms with van der Waals surface area (Å²) >= 11 is 0. The van der Waals surface area contributed by atoms with E-state index in [0.29, 0.717) is 5.92 Å². The van der Waals surface area contributed by atoms with Gasteiger partial charge in [-0.15, -0.1) is 0 Å². The van der Waals surface area contributed by atoms with Crippen LogP contribution in [0, 0.1) is 6.92 Å². The van der Waals surface area contributed by atoms with Crippen LogP contribution in [0.4, 0.5) is 5.69 Å². The molecule has 1 nitrogen and oxygen atoms in total. The number of para-hydroxylation sites is 1. The molecule has 0 saturated carbocycles. The van der Waals surface area contributed by atoms with Crippen molar-refractivity contribution in [2.45, 2.75) is 32.1 Å². The third-order valence-corrected chi connectivity index (χ3v) is 4.51. The Morgan fingerprint density at radius 3 is 2.65 bits per heavy atom. The molecule has 1 aliphatic heterocycles. The summed E-state index contributed by atoms with van der Waals surface area (Å²) in [5.74, 6) is 0.478. The average molecular weight is 260 g/mol. The maximum absolute atomic E-state index is 4.93. The van der Waals surface area contributed by atoms with Gasteiger partial charge in [-0.25, -0.2) is 0 Å². The fourth-order valence-electron chi connectivity index (χ4n) is 3.46. The Kier molecular flexibility index (Phi) is 2.66. The Bertz CT molecular complexity index is 679. The fourth-order valence-corrected chi connectivity index (χ4v) is 3.46. The van der Waals surface area contributed by atoms with Crippen LogP contribution in [-0.2, 0) is 0 Å². The minimum absolute atomic E-state index is 0.478. The zero-order chi connectivity index (χ0) is 13.5. The maximum atomic E-state index is 4.93. The van der Waals surface area contributed by atoms with Crippen molar-refractivity contribution in [1.82, 2.24) is 5.32 Å². The Morgan fingerprint density at radius 2 is 1.80 bits per heavy atom. The Labute approximate surface area is 120 Å². The van der Waals surface area contributed by atoms with Crippen LogP contribution in [0.5, 0.6) is 0 Å². The summed E-state index contributed by atoms with van der Waals surface area (Å²) in [5, 5.41) is 4.93. The predicted molar refractivity (Wildman–Crippen MR) is 82.9 cm³/mol. The van der Waals surface area contributed by atoms with E-state index >= 15 is 0 Å². The van der Waals surface area contributed by atoms with E-state index in [2.05, 4.69) is 55.5 Å². The summed E-state index contributed by atoms with van der Waals surface area (Å²) < 4.78 is 0. The fraction of sp³-hybridized carbons (Fsp3) is 0.263. The molecular formula is C19H18N. The quantitative estimate of drug-likeness (QED) is 0.690. The van der Waals surface area contributed by atoms with Crippen LogP contribution < -0.4 is 5.32 Å². The monoisotopic (exact) mass is 260 g/mol. The van der Waals surface area contributed by atoms with Crippen molar-refractivity contribution in [2.24, 2.45) is 0 Å². The SMILES string of the molecule is Cc1ccc(C2CCCC3=C2[N]c2ccccc23)cc1. The van der Waals surface area contributed by atoms with E-state index in [4.69, 9.17) is 5.32 Å². The number of rotatable bonds is 1. The highest BCUT2D eigenvalue weighted by atomic mass is 14.9. The average Bonchev–Trinajstić information content (AvgIpc) is 2.87. The molecule has 1 aliphatic carbocycles. The van der Waals surface area contributed by atoms with E-state index in [-0.39, 0.29) is 0 Å². The lowest BCUT2D eigenvalue weighted by Crippen LogP contribution is -2.12. The molecule has 0 saturated heterocycles. The molecule has 0 amide bonds. The normalized spacial score (nSPS) is 20.4. The molecule has 0 fully saturated rings. The molecule has 20 heavy (non-hydrogen) atoms. The van der Waals surface area contributed by atoms with Crippen LogP contribution in [0.2, 0.25) is 0 Å². The number of allylic oxidation sites excluding steroid dienone is 2. The van der Waals surface area contributed by atoms with Gasteiger partial charge in [-0.05, 0) is 43.4 Å². The van der Waals surface area contributed by atoms with Crippen LogP contribution in [0.15, 0.2) is 54.2 Å². The van der Waals surface area contributed by atoms with Crippen molar-refractivity contribution in [3.63, 3.8) is 0 Å². The molecular weight excluding hydrogens is 242 g/mol. The van der Waals surface area contributed by atoms with E-state index < -0.39 is 0 Å². The van der Waals surface area contributed by atoms with Crippen molar-refractivity contribution in [1.29, 1.82) is 0 Å². The lowest BCUT2D eigenvalue weighted by atomic mass is 9.82. The van der Waals surface area contributed by atoms with Gasteiger partial charge in [0.1, 0.15) is 0 Å². The molecule has 1 radical (unpaired) electrons. The summed E-state index contributed by atoms with van der Waals surface area (Å²) in [6, 6.07) is 17.5. The highest BCUT2D eigenvalue weighted by Gasteiger charge is 2.31. The molecule has 2 aromatic carbocycles. The zero-order valence-corrected chi connectivity index (χ0v) is 11.8. The zero-order valence-electron chi connectivity index (χ0n) is 11.8. The third kappa shape index (κ3) is 1.77. The van der Waals surface area contributed by atoms with Gasteiger partial charge >= 0.3 is 0 Å². The van der Waals surface area contributed by atoms with Gasteiger partial charge < -0.3 is 0 Å². The second kappa shape index (κ2) is 4.52. The number of hydrogen-bond acceptors (Lipinski definition) is 0. The second-order valence-corrected chi connectivity index (χ2v) is 5.85. The van der Waals surface area contributed by atoms with E-state index in [0.717, 1.165) is 5.69 Å². The number of fused-ring (bicyclic) bond motifs is 2. The van der Waals surface area contributed by atoms with Crippen molar-refractivity contribution >= 4 is 11.3 Å². The number of hydrogen-bond donors (Lipinski definition) is 0. The van der Waals surface area contributed by atoms with Crippen LogP contribution in [-0.4, -0.2) is 0 Å². The van der Waals surface area contributed by atoms with Crippen LogP contribution in [0.25, 0.3) is 5.57 Å². The highest BCUT2D eigenvalue weighted by molar-refractivity contribution is 5.83. The Morgan fingerprint density at radius 1 is 1.00 bits per heavy atom. The molecule has 0 N–H and O–H groups in total. The van der Waals surface area contributed by atoms with E-state index in [1.54, 1.807) is 0 Å². The minimum Gasteiger partial charge on any atom is -0.252 e. The van der Waals surface area contributed by atoms with Crippen molar-refractivity contribution < 1.29 is 0 Å². The van der Waals surface area contributed by atoms with Crippen LogP contribution >= 0.6 is 0 Å². The van der Waals surface area contributed by atoms with Crippen LogP contribution in [0.3, 0.4) is 0 Å². The predicted octanol–water partition coefficient (Wildman–Crippen LogP) is 4.92. The largest absolute Gasteiger partial charge is 0.252 e. The van der Waals surface area contributed by atoms with Gasteiger partial charge in [-0.1, -0.05) is 48.0 Å². The topological polar surface area (TPSA) is 14.1 Å². The molecule has 0 bridgehead atoms. The summed E-state index contributed by atoms with van der Waals surface area (Å²) in [4.78, 5) is 0. The summed E-state index contributed by atoms with van der Waals surface area (Å²) in [7, 11) is 0. The standard InChI is InChI=1S/C19H18N/c1-13-9-11-14(12-10-13)15-6-4-7-17-16-5-2-3-8-18(16)20-19(15)17/h2-3,5,8-12,15H,4,6-7H2,1H3. The molecule has 1 atom stereocenters. The van der Waals surface area contributed by atoms with Gasteiger partial charge in [-0.2, -0.15) is 0 Å². The minimum atomic E-state index is 0.478. The molecule has 0 aromatic heterocycles. The second-order valence-electron chi connectivity index (χ2n) is 5.85.